The second-order valence-electron chi connectivity index (χ2n) is 4.95. The van der Waals surface area contributed by atoms with E-state index in [1.165, 1.54) is 16.8 Å². The Morgan fingerprint density at radius 3 is 2.74 bits per heavy atom. The number of rotatable bonds is 5. The number of anilines is 1. The molecule has 0 fully saturated rings. The smallest absolute Gasteiger partial charge is 0.127 e. The van der Waals surface area contributed by atoms with Gasteiger partial charge in [0.05, 0.1) is 6.54 Å². The van der Waals surface area contributed by atoms with E-state index in [1.54, 1.807) is 0 Å². The van der Waals surface area contributed by atoms with Crippen LogP contribution in [0.25, 0.3) is 0 Å². The zero-order valence-corrected chi connectivity index (χ0v) is 12.1. The van der Waals surface area contributed by atoms with Crippen LogP contribution in [0.3, 0.4) is 0 Å². The van der Waals surface area contributed by atoms with Crippen LogP contribution < -0.4 is 10.2 Å². The van der Waals surface area contributed by atoms with E-state index >= 15 is 0 Å². The highest BCUT2D eigenvalue weighted by molar-refractivity contribution is 5.50. The summed E-state index contributed by atoms with van der Waals surface area (Å²) in [6.07, 6.45) is 3.81. The van der Waals surface area contributed by atoms with Gasteiger partial charge in [-0.15, -0.1) is 0 Å². The highest BCUT2D eigenvalue weighted by atomic mass is 15.2. The van der Waals surface area contributed by atoms with E-state index in [2.05, 4.69) is 51.9 Å². The van der Waals surface area contributed by atoms with Gasteiger partial charge in [-0.2, -0.15) is 0 Å². The molecule has 1 N–H and O–H groups in total. The van der Waals surface area contributed by atoms with Crippen molar-refractivity contribution in [2.24, 2.45) is 7.05 Å². The van der Waals surface area contributed by atoms with Crippen LogP contribution in [-0.4, -0.2) is 23.6 Å². The van der Waals surface area contributed by atoms with Gasteiger partial charge in [0.25, 0.3) is 0 Å². The number of imidazole rings is 1. The molecule has 0 saturated heterocycles. The van der Waals surface area contributed by atoms with Crippen molar-refractivity contribution in [3.63, 3.8) is 0 Å². The Bertz CT molecular complexity index is 545. The standard InChI is InChI=1S/C15H22N4/c1-12-9-14(6-5-13(12)10-16-2)19(4)11-15-17-7-8-18(15)3/h5-9,16H,10-11H2,1-4H3. The van der Waals surface area contributed by atoms with Gasteiger partial charge in [-0.05, 0) is 37.2 Å². The van der Waals surface area contributed by atoms with Crippen molar-refractivity contribution in [3.05, 3.63) is 47.5 Å². The van der Waals surface area contributed by atoms with Gasteiger partial charge in [0.2, 0.25) is 0 Å². The van der Waals surface area contributed by atoms with Crippen molar-refractivity contribution in [1.82, 2.24) is 14.9 Å². The van der Waals surface area contributed by atoms with E-state index in [9.17, 15) is 0 Å². The number of benzene rings is 1. The van der Waals surface area contributed by atoms with Gasteiger partial charge in [-0.1, -0.05) is 6.07 Å². The van der Waals surface area contributed by atoms with Crippen molar-refractivity contribution in [2.75, 3.05) is 19.0 Å². The summed E-state index contributed by atoms with van der Waals surface area (Å²) in [4.78, 5) is 6.58. The molecule has 0 atom stereocenters. The maximum Gasteiger partial charge on any atom is 0.127 e. The van der Waals surface area contributed by atoms with Gasteiger partial charge in [-0.3, -0.25) is 0 Å². The molecule has 1 heterocycles. The van der Waals surface area contributed by atoms with E-state index in [-0.39, 0.29) is 0 Å². The third kappa shape index (κ3) is 3.15. The van der Waals surface area contributed by atoms with Gasteiger partial charge in [-0.25, -0.2) is 4.98 Å². The van der Waals surface area contributed by atoms with E-state index in [0.717, 1.165) is 18.9 Å². The summed E-state index contributed by atoms with van der Waals surface area (Å²) < 4.78 is 2.05. The van der Waals surface area contributed by atoms with Gasteiger partial charge in [0, 0.05) is 38.7 Å². The molecule has 0 aliphatic rings. The summed E-state index contributed by atoms with van der Waals surface area (Å²) in [7, 11) is 6.10. The zero-order valence-electron chi connectivity index (χ0n) is 12.1. The fraction of sp³-hybridized carbons (Fsp3) is 0.400. The first-order chi connectivity index (χ1) is 9.11. The molecule has 0 unspecified atom stereocenters. The quantitative estimate of drug-likeness (QED) is 0.891. The van der Waals surface area contributed by atoms with E-state index in [1.807, 2.05) is 26.5 Å². The van der Waals surface area contributed by atoms with E-state index in [0.29, 0.717) is 0 Å². The minimum absolute atomic E-state index is 0.814. The second-order valence-corrected chi connectivity index (χ2v) is 4.95. The third-order valence-electron chi connectivity index (χ3n) is 3.43. The van der Waals surface area contributed by atoms with Gasteiger partial charge in [0.15, 0.2) is 0 Å². The molecule has 0 bridgehead atoms. The Hall–Kier alpha value is -1.81. The first-order valence-electron chi connectivity index (χ1n) is 6.53. The molecule has 0 radical (unpaired) electrons. The van der Waals surface area contributed by atoms with Crippen LogP contribution in [-0.2, 0) is 20.1 Å². The summed E-state index contributed by atoms with van der Waals surface area (Å²) >= 11 is 0. The Kier molecular flexibility index (Phi) is 4.22. The molecule has 1 aromatic carbocycles. The zero-order chi connectivity index (χ0) is 13.8. The molecule has 4 heteroatoms. The topological polar surface area (TPSA) is 33.1 Å². The molecule has 2 aromatic rings. The Balaban J connectivity index is 2.13. The fourth-order valence-corrected chi connectivity index (χ4v) is 2.16. The second kappa shape index (κ2) is 5.89. The summed E-state index contributed by atoms with van der Waals surface area (Å²) in [5.74, 6) is 1.07. The number of hydrogen-bond donors (Lipinski definition) is 1. The lowest BCUT2D eigenvalue weighted by Gasteiger charge is -2.20. The van der Waals surface area contributed by atoms with E-state index < -0.39 is 0 Å². The van der Waals surface area contributed by atoms with Crippen LogP contribution in [0.2, 0.25) is 0 Å². The molecular formula is C15H22N4. The molecular weight excluding hydrogens is 236 g/mol. The average Bonchev–Trinajstić information content (AvgIpc) is 2.78. The molecule has 0 aliphatic carbocycles. The molecule has 19 heavy (non-hydrogen) atoms. The lowest BCUT2D eigenvalue weighted by molar-refractivity contribution is 0.760. The Labute approximate surface area is 115 Å². The normalized spacial score (nSPS) is 10.7. The molecule has 0 aliphatic heterocycles. The SMILES string of the molecule is CNCc1ccc(N(C)Cc2nccn2C)cc1C. The summed E-state index contributed by atoms with van der Waals surface area (Å²) in [6, 6.07) is 6.59. The highest BCUT2D eigenvalue weighted by Crippen LogP contribution is 2.19. The Morgan fingerprint density at radius 1 is 1.37 bits per heavy atom. The van der Waals surface area contributed by atoms with Gasteiger partial charge >= 0.3 is 0 Å². The maximum atomic E-state index is 4.36. The van der Waals surface area contributed by atoms with Crippen molar-refractivity contribution in [2.45, 2.75) is 20.0 Å². The first kappa shape index (κ1) is 13.6. The first-order valence-corrected chi connectivity index (χ1v) is 6.53. The fourth-order valence-electron chi connectivity index (χ4n) is 2.16. The van der Waals surface area contributed by atoms with Crippen molar-refractivity contribution >= 4 is 5.69 Å². The van der Waals surface area contributed by atoms with Gasteiger partial charge < -0.3 is 14.8 Å². The minimum Gasteiger partial charge on any atom is -0.367 e. The van der Waals surface area contributed by atoms with Crippen LogP contribution in [0, 0.1) is 6.92 Å². The van der Waals surface area contributed by atoms with E-state index in [4.69, 9.17) is 0 Å². The van der Waals surface area contributed by atoms with Crippen LogP contribution >= 0.6 is 0 Å². The largest absolute Gasteiger partial charge is 0.367 e. The highest BCUT2D eigenvalue weighted by Gasteiger charge is 2.07. The predicted octanol–water partition coefficient (Wildman–Crippen LogP) is 2.08. The summed E-state index contributed by atoms with van der Waals surface area (Å²) in [5, 5.41) is 3.19. The molecule has 4 nitrogen and oxygen atoms in total. The van der Waals surface area contributed by atoms with Crippen LogP contribution in [0.1, 0.15) is 17.0 Å². The molecule has 0 saturated carbocycles. The average molecular weight is 258 g/mol. The van der Waals surface area contributed by atoms with Crippen LogP contribution in [0.5, 0.6) is 0 Å². The van der Waals surface area contributed by atoms with Gasteiger partial charge in [0.1, 0.15) is 5.82 Å². The maximum absolute atomic E-state index is 4.36. The lowest BCUT2D eigenvalue weighted by atomic mass is 10.1. The molecule has 102 valence electrons. The number of aryl methyl sites for hydroxylation is 2. The predicted molar refractivity (Wildman–Crippen MR) is 79.3 cm³/mol. The van der Waals surface area contributed by atoms with Crippen LogP contribution in [0.15, 0.2) is 30.6 Å². The lowest BCUT2D eigenvalue weighted by Crippen LogP contribution is -2.19. The molecule has 0 amide bonds. The number of nitrogens with zero attached hydrogens (tertiary/aromatic N) is 3. The monoisotopic (exact) mass is 258 g/mol. The number of hydrogen-bond acceptors (Lipinski definition) is 3. The van der Waals surface area contributed by atoms with Crippen molar-refractivity contribution in [1.29, 1.82) is 0 Å². The van der Waals surface area contributed by atoms with Crippen LogP contribution in [0.4, 0.5) is 5.69 Å². The van der Waals surface area contributed by atoms with Crippen molar-refractivity contribution < 1.29 is 0 Å². The summed E-state index contributed by atoms with van der Waals surface area (Å²) in [5.41, 5.74) is 3.88. The summed E-state index contributed by atoms with van der Waals surface area (Å²) in [6.45, 7) is 3.88. The van der Waals surface area contributed by atoms with Crippen molar-refractivity contribution in [3.8, 4) is 0 Å². The minimum atomic E-state index is 0.814. The number of aromatic nitrogens is 2. The Morgan fingerprint density at radius 2 is 2.16 bits per heavy atom. The third-order valence-corrected chi connectivity index (χ3v) is 3.43. The molecule has 2 rings (SSSR count). The molecule has 1 aromatic heterocycles. The number of nitrogens with one attached hydrogen (secondary N) is 1. The molecule has 0 spiro atoms.